The Morgan fingerprint density at radius 2 is 2.16 bits per heavy atom. The number of carbonyl (C=O) groups excluding carboxylic acids is 1. The zero-order valence-corrected chi connectivity index (χ0v) is 10.8. The number of amides is 1. The van der Waals surface area contributed by atoms with E-state index in [1.165, 1.54) is 6.07 Å². The molecule has 4 N–H and O–H groups in total. The molecule has 1 aromatic rings. The van der Waals surface area contributed by atoms with Crippen molar-refractivity contribution in [3.63, 3.8) is 0 Å². The quantitative estimate of drug-likeness (QED) is 0.393. The Morgan fingerprint density at radius 3 is 2.79 bits per heavy atom. The fourth-order valence-corrected chi connectivity index (χ4v) is 1.57. The molecule has 1 aromatic carbocycles. The maximum atomic E-state index is 11.4. The van der Waals surface area contributed by atoms with Crippen molar-refractivity contribution in [2.75, 3.05) is 24.1 Å². The molecule has 0 unspecified atom stereocenters. The molecule has 104 valence electrons. The normalized spacial score (nSPS) is 9.95. The molecule has 0 fully saturated rings. The summed E-state index contributed by atoms with van der Waals surface area (Å²) >= 11 is 0. The minimum absolute atomic E-state index is 0.0825. The van der Waals surface area contributed by atoms with Crippen LogP contribution in [-0.4, -0.2) is 23.9 Å². The lowest BCUT2D eigenvalue weighted by Gasteiger charge is -2.08. The number of nitrogens with zero attached hydrogens (tertiary/aromatic N) is 1. The van der Waals surface area contributed by atoms with E-state index in [0.717, 1.165) is 6.42 Å². The molecule has 0 saturated carbocycles. The average Bonchev–Trinajstić information content (AvgIpc) is 2.36. The first-order valence-corrected chi connectivity index (χ1v) is 6.09. The summed E-state index contributed by atoms with van der Waals surface area (Å²) in [5.74, 6) is -0.0825. The number of nitro groups is 1. The van der Waals surface area contributed by atoms with Crippen LogP contribution in [0.1, 0.15) is 19.8 Å². The molecule has 0 spiro atoms. The maximum Gasteiger partial charge on any atom is 0.314 e. The van der Waals surface area contributed by atoms with Gasteiger partial charge in [0.25, 0.3) is 0 Å². The van der Waals surface area contributed by atoms with E-state index in [4.69, 9.17) is 5.73 Å². The van der Waals surface area contributed by atoms with E-state index >= 15 is 0 Å². The van der Waals surface area contributed by atoms with Crippen LogP contribution in [0, 0.1) is 10.1 Å². The van der Waals surface area contributed by atoms with Crippen molar-refractivity contribution in [3.8, 4) is 0 Å². The van der Waals surface area contributed by atoms with Gasteiger partial charge in [-0.3, -0.25) is 14.9 Å². The fraction of sp³-hybridized carbons (Fsp3) is 0.417. The predicted octanol–water partition coefficient (Wildman–Crippen LogP) is 1.51. The summed E-state index contributed by atoms with van der Waals surface area (Å²) in [7, 11) is 0. The average molecular weight is 266 g/mol. The van der Waals surface area contributed by atoms with Crippen molar-refractivity contribution in [2.45, 2.75) is 19.8 Å². The van der Waals surface area contributed by atoms with Crippen LogP contribution in [-0.2, 0) is 4.79 Å². The molecule has 1 rings (SSSR count). The highest BCUT2D eigenvalue weighted by Crippen LogP contribution is 2.30. The second-order valence-corrected chi connectivity index (χ2v) is 4.03. The van der Waals surface area contributed by atoms with Crippen LogP contribution in [0.25, 0.3) is 0 Å². The van der Waals surface area contributed by atoms with Gasteiger partial charge in [-0.15, -0.1) is 0 Å². The third kappa shape index (κ3) is 4.46. The Labute approximate surface area is 111 Å². The smallest absolute Gasteiger partial charge is 0.314 e. The number of rotatable bonds is 7. The molecule has 0 aromatic heterocycles. The number of hydrogen-bond donors (Lipinski definition) is 3. The van der Waals surface area contributed by atoms with E-state index < -0.39 is 4.92 Å². The highest BCUT2D eigenvalue weighted by atomic mass is 16.6. The van der Waals surface area contributed by atoms with Crippen molar-refractivity contribution in [1.29, 1.82) is 0 Å². The maximum absolute atomic E-state index is 11.4. The summed E-state index contributed by atoms with van der Waals surface area (Å²) in [6.07, 6.45) is 1.13. The minimum atomic E-state index is -0.533. The van der Waals surface area contributed by atoms with Gasteiger partial charge in [-0.2, -0.15) is 0 Å². The van der Waals surface area contributed by atoms with Crippen molar-refractivity contribution >= 4 is 23.0 Å². The molecule has 7 heteroatoms. The molecular formula is C12H18N4O3. The van der Waals surface area contributed by atoms with Gasteiger partial charge < -0.3 is 16.4 Å². The third-order valence-corrected chi connectivity index (χ3v) is 2.49. The minimum Gasteiger partial charge on any atom is -0.393 e. The Balaban J connectivity index is 2.56. The van der Waals surface area contributed by atoms with Crippen LogP contribution in [0.3, 0.4) is 0 Å². The molecule has 0 aliphatic heterocycles. The molecule has 0 heterocycles. The summed E-state index contributed by atoms with van der Waals surface area (Å²) in [6, 6.07) is 4.66. The van der Waals surface area contributed by atoms with Crippen LogP contribution < -0.4 is 16.4 Å². The molecule has 0 bridgehead atoms. The van der Waals surface area contributed by atoms with E-state index in [2.05, 4.69) is 10.6 Å². The number of nitrogen functional groups attached to an aromatic ring is 1. The van der Waals surface area contributed by atoms with E-state index in [0.29, 0.717) is 18.8 Å². The number of nitro benzene ring substituents is 1. The van der Waals surface area contributed by atoms with Crippen LogP contribution in [0.4, 0.5) is 17.1 Å². The number of nitrogens with two attached hydrogens (primary N) is 1. The van der Waals surface area contributed by atoms with Gasteiger partial charge in [-0.25, -0.2) is 0 Å². The molecule has 7 nitrogen and oxygen atoms in total. The second kappa shape index (κ2) is 7.20. The van der Waals surface area contributed by atoms with Gasteiger partial charge in [0.1, 0.15) is 11.4 Å². The fourth-order valence-electron chi connectivity index (χ4n) is 1.57. The second-order valence-electron chi connectivity index (χ2n) is 4.03. The number of nitrogens with one attached hydrogen (secondary N) is 2. The Hall–Kier alpha value is -2.31. The molecule has 0 atom stereocenters. The van der Waals surface area contributed by atoms with Crippen LogP contribution in [0.2, 0.25) is 0 Å². The number of hydrogen-bond acceptors (Lipinski definition) is 5. The van der Waals surface area contributed by atoms with Gasteiger partial charge in [0, 0.05) is 19.5 Å². The Morgan fingerprint density at radius 1 is 1.42 bits per heavy atom. The zero-order valence-electron chi connectivity index (χ0n) is 10.8. The van der Waals surface area contributed by atoms with E-state index in [-0.39, 0.29) is 23.7 Å². The predicted molar refractivity (Wildman–Crippen MR) is 73.9 cm³/mol. The molecule has 0 aliphatic carbocycles. The SMILES string of the molecule is CCCNC(=O)CCNc1cccc(N)c1[N+](=O)[O-]. The lowest BCUT2D eigenvalue weighted by Crippen LogP contribution is -2.25. The van der Waals surface area contributed by atoms with Gasteiger partial charge in [0.05, 0.1) is 4.92 Å². The summed E-state index contributed by atoms with van der Waals surface area (Å²) in [5, 5.41) is 16.5. The number of anilines is 2. The van der Waals surface area contributed by atoms with Gasteiger partial charge in [-0.05, 0) is 18.6 Å². The van der Waals surface area contributed by atoms with Crippen molar-refractivity contribution in [1.82, 2.24) is 5.32 Å². The van der Waals surface area contributed by atoms with Crippen LogP contribution in [0.5, 0.6) is 0 Å². The number of carbonyl (C=O) groups is 1. The first-order chi connectivity index (χ1) is 9.06. The van der Waals surface area contributed by atoms with E-state index in [1.807, 2.05) is 6.92 Å². The zero-order chi connectivity index (χ0) is 14.3. The van der Waals surface area contributed by atoms with Gasteiger partial charge >= 0.3 is 5.69 Å². The van der Waals surface area contributed by atoms with Gasteiger partial charge in [0.2, 0.25) is 5.91 Å². The molecule has 0 aliphatic rings. The monoisotopic (exact) mass is 266 g/mol. The van der Waals surface area contributed by atoms with Crippen LogP contribution >= 0.6 is 0 Å². The van der Waals surface area contributed by atoms with Gasteiger partial charge in [-0.1, -0.05) is 13.0 Å². The van der Waals surface area contributed by atoms with Crippen molar-refractivity contribution in [2.24, 2.45) is 0 Å². The summed E-state index contributed by atoms with van der Waals surface area (Å²) in [4.78, 5) is 21.7. The lowest BCUT2D eigenvalue weighted by atomic mass is 10.2. The summed E-state index contributed by atoms with van der Waals surface area (Å²) in [6.45, 7) is 2.92. The summed E-state index contributed by atoms with van der Waals surface area (Å²) < 4.78 is 0. The van der Waals surface area contributed by atoms with E-state index in [9.17, 15) is 14.9 Å². The third-order valence-electron chi connectivity index (χ3n) is 2.49. The molecule has 19 heavy (non-hydrogen) atoms. The lowest BCUT2D eigenvalue weighted by molar-refractivity contribution is -0.383. The largest absolute Gasteiger partial charge is 0.393 e. The molecule has 0 radical (unpaired) electrons. The van der Waals surface area contributed by atoms with Crippen molar-refractivity contribution in [3.05, 3.63) is 28.3 Å². The van der Waals surface area contributed by atoms with Gasteiger partial charge in [0.15, 0.2) is 0 Å². The Bertz CT molecular complexity index is 462. The van der Waals surface area contributed by atoms with Crippen LogP contribution in [0.15, 0.2) is 18.2 Å². The highest BCUT2D eigenvalue weighted by molar-refractivity contribution is 5.77. The highest BCUT2D eigenvalue weighted by Gasteiger charge is 2.17. The first-order valence-electron chi connectivity index (χ1n) is 6.09. The molecular weight excluding hydrogens is 248 g/mol. The number of para-hydroxylation sites is 1. The summed E-state index contributed by atoms with van der Waals surface area (Å²) in [5.41, 5.74) is 5.83. The van der Waals surface area contributed by atoms with Crippen molar-refractivity contribution < 1.29 is 9.72 Å². The standard InChI is InChI=1S/C12H18N4O3/c1-2-7-15-11(17)6-8-14-10-5-3-4-9(13)12(10)16(18)19/h3-5,14H,2,6-8,13H2,1H3,(H,15,17). The van der Waals surface area contributed by atoms with E-state index in [1.54, 1.807) is 12.1 Å². The molecule has 0 saturated heterocycles. The molecule has 1 amide bonds. The number of benzene rings is 1. The first kappa shape index (κ1) is 14.7. The topological polar surface area (TPSA) is 110 Å². The Kier molecular flexibility index (Phi) is 5.59.